The number of nitrogens with one attached hydrogen (secondary N) is 1. The third kappa shape index (κ3) is 4.48. The number of nitrogens with zero attached hydrogens (tertiary/aromatic N) is 1. The van der Waals surface area contributed by atoms with Crippen molar-refractivity contribution in [1.29, 1.82) is 0 Å². The molecule has 0 amide bonds. The van der Waals surface area contributed by atoms with Crippen LogP contribution >= 0.6 is 11.8 Å². The van der Waals surface area contributed by atoms with Gasteiger partial charge >= 0.3 is 0 Å². The predicted octanol–water partition coefficient (Wildman–Crippen LogP) is 1.78. The van der Waals surface area contributed by atoms with E-state index in [0.29, 0.717) is 23.9 Å². The summed E-state index contributed by atoms with van der Waals surface area (Å²) in [6.45, 7) is 3.75. The Kier molecular flexibility index (Phi) is 6.16. The zero-order chi connectivity index (χ0) is 15.3. The Hall–Kier alpha value is -0.500. The Balaban J connectivity index is 2.04. The van der Waals surface area contributed by atoms with Gasteiger partial charge in [0.05, 0.1) is 4.90 Å². The molecule has 3 N–H and O–H groups in total. The monoisotopic (exact) mass is 331 g/mol. The number of aromatic nitrogens is 1. The molecule has 1 aromatic rings. The first-order valence-electron chi connectivity index (χ1n) is 7.53. The Labute approximate surface area is 131 Å². The van der Waals surface area contributed by atoms with Crippen molar-refractivity contribution in [3.63, 3.8) is 0 Å². The number of hydrogen-bond acceptors (Lipinski definition) is 4. The minimum atomic E-state index is -3.42. The van der Waals surface area contributed by atoms with Crippen LogP contribution in [0.3, 0.4) is 0 Å². The quantitative estimate of drug-likeness (QED) is 0.798. The van der Waals surface area contributed by atoms with Gasteiger partial charge in [-0.2, -0.15) is 11.8 Å². The summed E-state index contributed by atoms with van der Waals surface area (Å²) in [4.78, 5) is 0.335. The van der Waals surface area contributed by atoms with Crippen LogP contribution in [0.4, 0.5) is 0 Å². The second-order valence-electron chi connectivity index (χ2n) is 5.47. The van der Waals surface area contributed by atoms with Crippen molar-refractivity contribution in [3.8, 4) is 0 Å². The molecule has 1 fully saturated rings. The number of nitrogens with two attached hydrogens (primary N) is 1. The molecule has 1 saturated heterocycles. The van der Waals surface area contributed by atoms with Gasteiger partial charge in [-0.3, -0.25) is 0 Å². The van der Waals surface area contributed by atoms with Gasteiger partial charge in [-0.15, -0.1) is 0 Å². The van der Waals surface area contributed by atoms with E-state index in [0.717, 1.165) is 43.0 Å². The standard InChI is InChI=1S/C14H25N3O2S2/c1-2-5-17-11-14(8-13(17)9-15)21(18,19)16-10-12-3-6-20-7-4-12/h8,11-12,16H,2-7,9-10,15H2,1H3. The van der Waals surface area contributed by atoms with E-state index in [1.54, 1.807) is 12.3 Å². The van der Waals surface area contributed by atoms with Gasteiger partial charge in [0, 0.05) is 31.5 Å². The summed E-state index contributed by atoms with van der Waals surface area (Å²) in [5.74, 6) is 2.74. The fraction of sp³-hybridized carbons (Fsp3) is 0.714. The summed E-state index contributed by atoms with van der Waals surface area (Å²) in [5, 5.41) is 0. The minimum Gasteiger partial charge on any atom is -0.349 e. The molecule has 0 aromatic carbocycles. The van der Waals surface area contributed by atoms with E-state index in [9.17, 15) is 8.42 Å². The number of hydrogen-bond donors (Lipinski definition) is 2. The lowest BCUT2D eigenvalue weighted by molar-refractivity contribution is 0.476. The first kappa shape index (κ1) is 16.9. The van der Waals surface area contributed by atoms with Gasteiger partial charge in [-0.1, -0.05) is 6.92 Å². The lowest BCUT2D eigenvalue weighted by atomic mass is 10.0. The fourth-order valence-corrected chi connectivity index (χ4v) is 4.94. The molecule has 5 nitrogen and oxygen atoms in total. The van der Waals surface area contributed by atoms with Gasteiger partial charge in [-0.05, 0) is 42.8 Å². The van der Waals surface area contributed by atoms with Gasteiger partial charge in [0.25, 0.3) is 0 Å². The average molecular weight is 332 g/mol. The van der Waals surface area contributed by atoms with Crippen LogP contribution in [0.5, 0.6) is 0 Å². The van der Waals surface area contributed by atoms with Crippen LogP contribution in [0, 0.1) is 5.92 Å². The Morgan fingerprint density at radius 1 is 1.43 bits per heavy atom. The van der Waals surface area contributed by atoms with E-state index in [2.05, 4.69) is 11.6 Å². The van der Waals surface area contributed by atoms with E-state index >= 15 is 0 Å². The van der Waals surface area contributed by atoms with Crippen molar-refractivity contribution in [2.24, 2.45) is 11.7 Å². The molecule has 0 spiro atoms. The van der Waals surface area contributed by atoms with E-state index in [1.807, 2.05) is 16.3 Å². The lowest BCUT2D eigenvalue weighted by Crippen LogP contribution is -2.30. The predicted molar refractivity (Wildman–Crippen MR) is 87.9 cm³/mol. The highest BCUT2D eigenvalue weighted by atomic mass is 32.2. The molecule has 0 aliphatic carbocycles. The second-order valence-corrected chi connectivity index (χ2v) is 8.46. The second kappa shape index (κ2) is 7.67. The van der Waals surface area contributed by atoms with E-state index in [4.69, 9.17) is 5.73 Å². The van der Waals surface area contributed by atoms with E-state index in [1.165, 1.54) is 0 Å². The maximum absolute atomic E-state index is 12.4. The van der Waals surface area contributed by atoms with Gasteiger partial charge in [-0.25, -0.2) is 13.1 Å². The zero-order valence-corrected chi connectivity index (χ0v) is 14.2. The number of rotatable bonds is 7. The summed E-state index contributed by atoms with van der Waals surface area (Å²) in [6.07, 6.45) is 4.84. The van der Waals surface area contributed by atoms with E-state index in [-0.39, 0.29) is 0 Å². The van der Waals surface area contributed by atoms with Gasteiger partial charge < -0.3 is 10.3 Å². The van der Waals surface area contributed by atoms with Crippen molar-refractivity contribution in [1.82, 2.24) is 9.29 Å². The summed E-state index contributed by atoms with van der Waals surface area (Å²) in [5.41, 5.74) is 6.56. The largest absolute Gasteiger partial charge is 0.349 e. The Morgan fingerprint density at radius 2 is 2.14 bits per heavy atom. The normalized spacial score (nSPS) is 17.2. The Morgan fingerprint density at radius 3 is 2.76 bits per heavy atom. The zero-order valence-electron chi connectivity index (χ0n) is 12.5. The average Bonchev–Trinajstić information content (AvgIpc) is 2.91. The van der Waals surface area contributed by atoms with Crippen molar-refractivity contribution >= 4 is 21.8 Å². The third-order valence-corrected chi connectivity index (χ3v) is 6.29. The summed E-state index contributed by atoms with van der Waals surface area (Å²) in [7, 11) is -3.42. The minimum absolute atomic E-state index is 0.335. The van der Waals surface area contributed by atoms with Crippen LogP contribution in [0.25, 0.3) is 0 Å². The molecule has 0 radical (unpaired) electrons. The number of aryl methyl sites for hydroxylation is 1. The highest BCUT2D eigenvalue weighted by Crippen LogP contribution is 2.22. The number of thioether (sulfide) groups is 1. The first-order valence-corrected chi connectivity index (χ1v) is 10.2. The topological polar surface area (TPSA) is 77.1 Å². The molecule has 2 rings (SSSR count). The highest BCUT2D eigenvalue weighted by molar-refractivity contribution is 7.99. The summed E-state index contributed by atoms with van der Waals surface area (Å²) in [6, 6.07) is 1.69. The molecule has 2 heterocycles. The molecule has 0 bridgehead atoms. The number of sulfonamides is 1. The van der Waals surface area contributed by atoms with Crippen molar-refractivity contribution in [3.05, 3.63) is 18.0 Å². The molecule has 0 atom stereocenters. The molecule has 1 aromatic heterocycles. The Bertz CT molecular complexity index is 549. The van der Waals surface area contributed by atoms with Crippen LogP contribution in [-0.4, -0.2) is 31.0 Å². The van der Waals surface area contributed by atoms with Crippen molar-refractivity contribution in [2.45, 2.75) is 44.2 Å². The van der Waals surface area contributed by atoms with Gasteiger partial charge in [0.2, 0.25) is 10.0 Å². The van der Waals surface area contributed by atoms with Crippen LogP contribution in [0.2, 0.25) is 0 Å². The summed E-state index contributed by atoms with van der Waals surface area (Å²) < 4.78 is 29.5. The SMILES string of the molecule is CCCn1cc(S(=O)(=O)NCC2CCSCC2)cc1CN. The third-order valence-electron chi connectivity index (χ3n) is 3.85. The fourth-order valence-electron chi connectivity index (χ4n) is 2.55. The molecule has 0 saturated carbocycles. The van der Waals surface area contributed by atoms with E-state index < -0.39 is 10.0 Å². The molecular weight excluding hydrogens is 306 g/mol. The van der Waals surface area contributed by atoms with Gasteiger partial charge in [0.1, 0.15) is 0 Å². The lowest BCUT2D eigenvalue weighted by Gasteiger charge is -2.21. The van der Waals surface area contributed by atoms with Crippen LogP contribution in [0.1, 0.15) is 31.9 Å². The van der Waals surface area contributed by atoms with Crippen molar-refractivity contribution < 1.29 is 8.42 Å². The maximum Gasteiger partial charge on any atom is 0.242 e. The smallest absolute Gasteiger partial charge is 0.242 e. The van der Waals surface area contributed by atoms with Crippen LogP contribution in [0.15, 0.2) is 17.2 Å². The maximum atomic E-state index is 12.4. The molecule has 120 valence electrons. The molecule has 7 heteroatoms. The molecule has 1 aliphatic rings. The molecule has 1 aliphatic heterocycles. The molecular formula is C14H25N3O2S2. The first-order chi connectivity index (χ1) is 10.1. The van der Waals surface area contributed by atoms with Crippen LogP contribution < -0.4 is 10.5 Å². The van der Waals surface area contributed by atoms with Gasteiger partial charge in [0.15, 0.2) is 0 Å². The summed E-state index contributed by atoms with van der Waals surface area (Å²) >= 11 is 1.95. The van der Waals surface area contributed by atoms with Crippen LogP contribution in [-0.2, 0) is 23.1 Å². The highest BCUT2D eigenvalue weighted by Gasteiger charge is 2.21. The molecule has 21 heavy (non-hydrogen) atoms. The molecule has 0 unspecified atom stereocenters. The van der Waals surface area contributed by atoms with Crippen molar-refractivity contribution in [2.75, 3.05) is 18.1 Å².